The summed E-state index contributed by atoms with van der Waals surface area (Å²) in [7, 11) is 0. The van der Waals surface area contributed by atoms with Gasteiger partial charge in [0.2, 0.25) is 0 Å². The largest absolute Gasteiger partial charge is 0.309 e. The molecule has 0 aromatic heterocycles. The van der Waals surface area contributed by atoms with Gasteiger partial charge in [-0.2, -0.15) is 0 Å². The Morgan fingerprint density at radius 3 is 2.81 bits per heavy atom. The summed E-state index contributed by atoms with van der Waals surface area (Å²) in [4.78, 5) is 2.60. The molecule has 1 saturated carbocycles. The molecular formula is C18H27FN2. The van der Waals surface area contributed by atoms with Crippen LogP contribution in [0.15, 0.2) is 18.2 Å². The van der Waals surface area contributed by atoms with E-state index in [9.17, 15) is 4.39 Å². The van der Waals surface area contributed by atoms with Gasteiger partial charge in [-0.3, -0.25) is 4.90 Å². The molecule has 0 atom stereocenters. The highest BCUT2D eigenvalue weighted by atomic mass is 19.1. The quantitative estimate of drug-likeness (QED) is 0.919. The average molecular weight is 290 g/mol. The Bertz CT molecular complexity index is 475. The topological polar surface area (TPSA) is 15.3 Å². The van der Waals surface area contributed by atoms with E-state index in [4.69, 9.17) is 0 Å². The highest BCUT2D eigenvalue weighted by Crippen LogP contribution is 2.30. The molecule has 1 aromatic carbocycles. The molecule has 21 heavy (non-hydrogen) atoms. The monoisotopic (exact) mass is 290 g/mol. The molecule has 3 rings (SSSR count). The Kier molecular flexibility index (Phi) is 4.60. The highest BCUT2D eigenvalue weighted by Gasteiger charge is 2.35. The second-order valence-electron chi connectivity index (χ2n) is 6.86. The van der Waals surface area contributed by atoms with Crippen molar-refractivity contribution in [2.45, 2.75) is 51.0 Å². The fourth-order valence-corrected chi connectivity index (χ4v) is 4.01. The summed E-state index contributed by atoms with van der Waals surface area (Å²) in [5.74, 6) is -0.125. The molecule has 1 aliphatic heterocycles. The number of aryl methyl sites for hydroxylation is 1. The number of hydrogen-bond acceptors (Lipinski definition) is 2. The van der Waals surface area contributed by atoms with E-state index in [0.717, 1.165) is 31.6 Å². The van der Waals surface area contributed by atoms with Gasteiger partial charge in [0.05, 0.1) is 0 Å². The molecule has 1 heterocycles. The van der Waals surface area contributed by atoms with Gasteiger partial charge in [0, 0.05) is 31.7 Å². The molecule has 2 fully saturated rings. The second kappa shape index (κ2) is 6.45. The number of nitrogens with one attached hydrogen (secondary N) is 1. The molecule has 0 bridgehead atoms. The predicted octanol–water partition coefficient (Wildman–Crippen LogP) is 3.28. The van der Waals surface area contributed by atoms with Crippen LogP contribution in [0.25, 0.3) is 0 Å². The number of halogens is 1. The maximum atomic E-state index is 13.2. The van der Waals surface area contributed by atoms with Gasteiger partial charge in [-0.15, -0.1) is 0 Å². The van der Waals surface area contributed by atoms with E-state index in [-0.39, 0.29) is 5.82 Å². The van der Waals surface area contributed by atoms with E-state index >= 15 is 0 Å². The van der Waals surface area contributed by atoms with Crippen molar-refractivity contribution in [3.8, 4) is 0 Å². The summed E-state index contributed by atoms with van der Waals surface area (Å²) < 4.78 is 13.2. The minimum atomic E-state index is -0.125. The summed E-state index contributed by atoms with van der Waals surface area (Å²) in [5.41, 5.74) is 2.75. The number of piperazine rings is 1. The van der Waals surface area contributed by atoms with Gasteiger partial charge in [0.1, 0.15) is 5.82 Å². The number of hydrogen-bond donors (Lipinski definition) is 1. The lowest BCUT2D eigenvalue weighted by Crippen LogP contribution is -2.61. The first-order valence-electron chi connectivity index (χ1n) is 8.39. The number of rotatable bonds is 3. The highest BCUT2D eigenvalue weighted by molar-refractivity contribution is 5.26. The summed E-state index contributed by atoms with van der Waals surface area (Å²) in [6.45, 7) is 6.55. The SMILES string of the molecule is Cc1cc(F)ccc1CCN1CCNC2(CCCCC2)C1. The lowest BCUT2D eigenvalue weighted by Gasteiger charge is -2.46. The lowest BCUT2D eigenvalue weighted by atomic mass is 9.80. The molecule has 3 heteroatoms. The molecule has 116 valence electrons. The first-order chi connectivity index (χ1) is 10.2. The zero-order chi connectivity index (χ0) is 14.7. The summed E-state index contributed by atoms with van der Waals surface area (Å²) in [5, 5.41) is 3.79. The third kappa shape index (κ3) is 3.64. The van der Waals surface area contributed by atoms with Crippen molar-refractivity contribution in [2.24, 2.45) is 0 Å². The standard InChI is InChI=1S/C18H27FN2/c1-15-13-17(19)6-5-16(15)7-11-21-12-10-20-18(14-21)8-3-2-4-9-18/h5-6,13,20H,2-4,7-12,14H2,1H3. The van der Waals surface area contributed by atoms with Gasteiger partial charge in [0.25, 0.3) is 0 Å². The molecule has 1 N–H and O–H groups in total. The molecule has 1 spiro atoms. The first kappa shape index (κ1) is 15.0. The zero-order valence-electron chi connectivity index (χ0n) is 13.1. The molecule has 2 aliphatic rings. The Hall–Kier alpha value is -0.930. The second-order valence-corrected chi connectivity index (χ2v) is 6.86. The van der Waals surface area contributed by atoms with E-state index in [0.29, 0.717) is 5.54 Å². The molecule has 0 radical (unpaired) electrons. The number of benzene rings is 1. The van der Waals surface area contributed by atoms with Crippen LogP contribution in [-0.2, 0) is 6.42 Å². The minimum Gasteiger partial charge on any atom is -0.309 e. The molecule has 1 aliphatic carbocycles. The van der Waals surface area contributed by atoms with E-state index in [2.05, 4.69) is 10.2 Å². The maximum absolute atomic E-state index is 13.2. The summed E-state index contributed by atoms with van der Waals surface area (Å²) in [6.07, 6.45) is 7.84. The smallest absolute Gasteiger partial charge is 0.123 e. The molecule has 2 nitrogen and oxygen atoms in total. The van der Waals surface area contributed by atoms with Crippen LogP contribution in [-0.4, -0.2) is 36.6 Å². The molecule has 1 saturated heterocycles. The van der Waals surface area contributed by atoms with Crippen molar-refractivity contribution in [2.75, 3.05) is 26.2 Å². The summed E-state index contributed by atoms with van der Waals surface area (Å²) >= 11 is 0. The molecule has 0 unspecified atom stereocenters. The van der Waals surface area contributed by atoms with Crippen molar-refractivity contribution >= 4 is 0 Å². The van der Waals surface area contributed by atoms with Crippen LogP contribution in [0.3, 0.4) is 0 Å². The van der Waals surface area contributed by atoms with E-state index < -0.39 is 0 Å². The Balaban J connectivity index is 1.57. The van der Waals surface area contributed by atoms with E-state index in [1.165, 1.54) is 44.2 Å². The van der Waals surface area contributed by atoms with Gasteiger partial charge in [-0.1, -0.05) is 25.3 Å². The fourth-order valence-electron chi connectivity index (χ4n) is 4.01. The maximum Gasteiger partial charge on any atom is 0.123 e. The van der Waals surface area contributed by atoms with Crippen LogP contribution in [0.1, 0.15) is 43.2 Å². The third-order valence-corrected chi connectivity index (χ3v) is 5.27. The molecule has 1 aromatic rings. The van der Waals surface area contributed by atoms with Crippen molar-refractivity contribution in [3.05, 3.63) is 35.1 Å². The molecule has 0 amide bonds. The van der Waals surface area contributed by atoms with Crippen LogP contribution in [0.4, 0.5) is 4.39 Å². The Labute approximate surface area is 127 Å². The van der Waals surface area contributed by atoms with E-state index in [1.54, 1.807) is 12.1 Å². The average Bonchev–Trinajstić information content (AvgIpc) is 2.47. The first-order valence-corrected chi connectivity index (χ1v) is 8.39. The van der Waals surface area contributed by atoms with Crippen molar-refractivity contribution < 1.29 is 4.39 Å². The van der Waals surface area contributed by atoms with E-state index in [1.807, 2.05) is 13.0 Å². The summed E-state index contributed by atoms with van der Waals surface area (Å²) in [6, 6.07) is 5.18. The van der Waals surface area contributed by atoms with Crippen LogP contribution in [0, 0.1) is 12.7 Å². The van der Waals surface area contributed by atoms with Crippen molar-refractivity contribution in [1.29, 1.82) is 0 Å². The van der Waals surface area contributed by atoms with Gasteiger partial charge in [0.15, 0.2) is 0 Å². The minimum absolute atomic E-state index is 0.125. The van der Waals surface area contributed by atoms with Crippen LogP contribution in [0.5, 0.6) is 0 Å². The van der Waals surface area contributed by atoms with Crippen LogP contribution in [0.2, 0.25) is 0 Å². The van der Waals surface area contributed by atoms with Crippen LogP contribution < -0.4 is 5.32 Å². The zero-order valence-corrected chi connectivity index (χ0v) is 13.1. The lowest BCUT2D eigenvalue weighted by molar-refractivity contribution is 0.100. The third-order valence-electron chi connectivity index (χ3n) is 5.27. The van der Waals surface area contributed by atoms with Crippen LogP contribution >= 0.6 is 0 Å². The van der Waals surface area contributed by atoms with Gasteiger partial charge in [-0.05, 0) is 49.4 Å². The fraction of sp³-hybridized carbons (Fsp3) is 0.667. The van der Waals surface area contributed by atoms with Gasteiger partial charge < -0.3 is 5.32 Å². The van der Waals surface area contributed by atoms with Gasteiger partial charge >= 0.3 is 0 Å². The van der Waals surface area contributed by atoms with Crippen molar-refractivity contribution in [1.82, 2.24) is 10.2 Å². The Morgan fingerprint density at radius 1 is 1.24 bits per heavy atom. The molecular weight excluding hydrogens is 263 g/mol. The van der Waals surface area contributed by atoms with Crippen molar-refractivity contribution in [3.63, 3.8) is 0 Å². The normalized spacial score (nSPS) is 22.6. The Morgan fingerprint density at radius 2 is 2.05 bits per heavy atom. The number of nitrogens with zero attached hydrogens (tertiary/aromatic N) is 1. The van der Waals surface area contributed by atoms with Gasteiger partial charge in [-0.25, -0.2) is 4.39 Å². The predicted molar refractivity (Wildman–Crippen MR) is 85.1 cm³/mol.